The molecule has 0 saturated carbocycles. The SMILES string of the molecule is COc1c(C(=O)NCCCN2CCOCC2)cn2ncnc(C3C(=O)Nc4ccccc43)c12. The summed E-state index contributed by atoms with van der Waals surface area (Å²) in [5.74, 6) is -0.677. The molecule has 4 heterocycles. The van der Waals surface area contributed by atoms with Crippen LogP contribution in [0.25, 0.3) is 5.52 Å². The van der Waals surface area contributed by atoms with E-state index in [-0.39, 0.29) is 11.8 Å². The number of nitrogens with zero attached hydrogens (tertiary/aromatic N) is 4. The number of carbonyl (C=O) groups is 2. The van der Waals surface area contributed by atoms with Gasteiger partial charge in [-0.3, -0.25) is 14.5 Å². The molecule has 2 amide bonds. The van der Waals surface area contributed by atoms with E-state index >= 15 is 0 Å². The lowest BCUT2D eigenvalue weighted by Gasteiger charge is -2.26. The number of anilines is 1. The van der Waals surface area contributed by atoms with Gasteiger partial charge in [-0.2, -0.15) is 5.10 Å². The summed E-state index contributed by atoms with van der Waals surface area (Å²) in [4.78, 5) is 32.5. The summed E-state index contributed by atoms with van der Waals surface area (Å²) in [7, 11) is 1.50. The van der Waals surface area contributed by atoms with Crippen LogP contribution in [-0.4, -0.2) is 77.8 Å². The molecule has 0 aliphatic carbocycles. The molecule has 2 aromatic heterocycles. The maximum atomic E-state index is 13.0. The van der Waals surface area contributed by atoms with Crippen LogP contribution in [0.15, 0.2) is 36.8 Å². The highest BCUT2D eigenvalue weighted by Gasteiger charge is 2.36. The lowest BCUT2D eigenvalue weighted by Crippen LogP contribution is -2.38. The zero-order chi connectivity index (χ0) is 22.8. The molecule has 33 heavy (non-hydrogen) atoms. The second-order valence-corrected chi connectivity index (χ2v) is 8.09. The van der Waals surface area contributed by atoms with Crippen LogP contribution in [0.4, 0.5) is 5.69 Å². The van der Waals surface area contributed by atoms with Crippen LogP contribution < -0.4 is 15.4 Å². The number of hydrogen-bond acceptors (Lipinski definition) is 7. The van der Waals surface area contributed by atoms with Gasteiger partial charge >= 0.3 is 0 Å². The Bertz CT molecular complexity index is 1190. The van der Waals surface area contributed by atoms with Crippen LogP contribution in [0.3, 0.4) is 0 Å². The maximum Gasteiger partial charge on any atom is 0.256 e. The van der Waals surface area contributed by atoms with Crippen molar-refractivity contribution in [3.63, 3.8) is 0 Å². The van der Waals surface area contributed by atoms with Crippen LogP contribution in [-0.2, 0) is 9.53 Å². The molecule has 1 atom stereocenters. The van der Waals surface area contributed by atoms with E-state index in [0.717, 1.165) is 50.5 Å². The Balaban J connectivity index is 1.39. The minimum atomic E-state index is -0.611. The highest BCUT2D eigenvalue weighted by Crippen LogP contribution is 2.40. The molecular weight excluding hydrogens is 424 g/mol. The Morgan fingerprint density at radius 1 is 1.30 bits per heavy atom. The van der Waals surface area contributed by atoms with Crippen LogP contribution in [0.2, 0.25) is 0 Å². The van der Waals surface area contributed by atoms with Crippen LogP contribution in [0.5, 0.6) is 5.75 Å². The van der Waals surface area contributed by atoms with E-state index in [1.54, 1.807) is 10.7 Å². The molecule has 1 saturated heterocycles. The number of amides is 2. The molecule has 10 nitrogen and oxygen atoms in total. The lowest BCUT2D eigenvalue weighted by molar-refractivity contribution is -0.116. The molecule has 2 aliphatic heterocycles. The van der Waals surface area contributed by atoms with Crippen molar-refractivity contribution in [1.29, 1.82) is 0 Å². The van der Waals surface area contributed by atoms with Gasteiger partial charge in [0.1, 0.15) is 23.3 Å². The van der Waals surface area contributed by atoms with E-state index < -0.39 is 5.92 Å². The number of aromatic nitrogens is 3. The highest BCUT2D eigenvalue weighted by atomic mass is 16.5. The van der Waals surface area contributed by atoms with Gasteiger partial charge in [0.15, 0.2) is 5.75 Å². The lowest BCUT2D eigenvalue weighted by atomic mass is 9.96. The number of benzene rings is 1. The number of ether oxygens (including phenoxy) is 2. The number of carbonyl (C=O) groups excluding carboxylic acids is 2. The van der Waals surface area contributed by atoms with Crippen LogP contribution >= 0.6 is 0 Å². The largest absolute Gasteiger partial charge is 0.494 e. The molecule has 10 heteroatoms. The fourth-order valence-electron chi connectivity index (χ4n) is 4.49. The van der Waals surface area contributed by atoms with Crippen molar-refractivity contribution in [2.45, 2.75) is 12.3 Å². The average molecular weight is 450 g/mol. The first-order chi connectivity index (χ1) is 16.2. The molecule has 2 N–H and O–H groups in total. The number of fused-ring (bicyclic) bond motifs is 2. The van der Waals surface area contributed by atoms with Crippen LogP contribution in [0.1, 0.15) is 34.0 Å². The van der Waals surface area contributed by atoms with E-state index in [1.165, 1.54) is 13.4 Å². The van der Waals surface area contributed by atoms with E-state index in [9.17, 15) is 9.59 Å². The molecule has 1 unspecified atom stereocenters. The summed E-state index contributed by atoms with van der Waals surface area (Å²) >= 11 is 0. The highest BCUT2D eigenvalue weighted by molar-refractivity contribution is 6.07. The van der Waals surface area contributed by atoms with Crippen molar-refractivity contribution in [2.24, 2.45) is 0 Å². The molecule has 2 aliphatic rings. The van der Waals surface area contributed by atoms with Crippen molar-refractivity contribution in [3.8, 4) is 5.75 Å². The summed E-state index contributed by atoms with van der Waals surface area (Å²) in [6.07, 6.45) is 3.85. The maximum absolute atomic E-state index is 13.0. The number of hydrogen-bond donors (Lipinski definition) is 2. The minimum Gasteiger partial charge on any atom is -0.494 e. The minimum absolute atomic E-state index is 0.172. The summed E-state index contributed by atoms with van der Waals surface area (Å²) < 4.78 is 12.5. The first kappa shape index (κ1) is 21.4. The molecule has 5 rings (SSSR count). The predicted molar refractivity (Wildman–Crippen MR) is 121 cm³/mol. The normalized spacial score (nSPS) is 18.2. The molecular formula is C23H26N6O4. The molecule has 3 aromatic rings. The Kier molecular flexibility index (Phi) is 5.93. The summed E-state index contributed by atoms with van der Waals surface area (Å²) in [5, 5.41) is 10.1. The second kappa shape index (κ2) is 9.16. The summed E-state index contributed by atoms with van der Waals surface area (Å²) in [6, 6.07) is 7.51. The molecule has 0 spiro atoms. The van der Waals surface area contributed by atoms with E-state index in [4.69, 9.17) is 9.47 Å². The first-order valence-electron chi connectivity index (χ1n) is 11.1. The molecule has 1 aromatic carbocycles. The monoisotopic (exact) mass is 450 g/mol. The average Bonchev–Trinajstić information content (AvgIpc) is 3.39. The number of para-hydroxylation sites is 1. The third kappa shape index (κ3) is 4.03. The Morgan fingerprint density at radius 3 is 2.94 bits per heavy atom. The second-order valence-electron chi connectivity index (χ2n) is 8.09. The standard InChI is InChI=1S/C23H26N6O4/c1-32-21-16(22(30)24-7-4-8-28-9-11-33-12-10-28)13-29-20(21)19(25-14-26-29)18-15-5-2-3-6-17(15)27-23(18)31/h2-3,5-6,13-14,18H,4,7-12H2,1H3,(H,24,30)(H,27,31). The van der Waals surface area contributed by atoms with Gasteiger partial charge in [0.05, 0.1) is 26.0 Å². The number of morpholine rings is 1. The van der Waals surface area contributed by atoms with E-state index in [1.807, 2.05) is 24.3 Å². The molecule has 0 radical (unpaired) electrons. The Labute approximate surface area is 190 Å². The fraction of sp³-hybridized carbons (Fsp3) is 0.391. The summed E-state index contributed by atoms with van der Waals surface area (Å²) in [5.41, 5.74) is 2.96. The molecule has 0 bridgehead atoms. The van der Waals surface area contributed by atoms with Crippen molar-refractivity contribution in [1.82, 2.24) is 24.8 Å². The third-order valence-corrected chi connectivity index (χ3v) is 6.11. The van der Waals surface area contributed by atoms with E-state index in [2.05, 4.69) is 25.6 Å². The third-order valence-electron chi connectivity index (χ3n) is 6.11. The zero-order valence-corrected chi connectivity index (χ0v) is 18.4. The fourth-order valence-corrected chi connectivity index (χ4v) is 4.49. The number of methoxy groups -OCH3 is 1. The summed E-state index contributed by atoms with van der Waals surface area (Å²) in [6.45, 7) is 4.81. The van der Waals surface area contributed by atoms with E-state index in [0.29, 0.717) is 29.1 Å². The van der Waals surface area contributed by atoms with Gasteiger partial charge in [-0.05, 0) is 24.6 Å². The number of rotatable bonds is 7. The molecule has 172 valence electrons. The predicted octanol–water partition coefficient (Wildman–Crippen LogP) is 1.27. The van der Waals surface area contributed by atoms with Gasteiger partial charge in [0.25, 0.3) is 5.91 Å². The quantitative estimate of drug-likeness (QED) is 0.522. The van der Waals surface area contributed by atoms with Crippen molar-refractivity contribution < 1.29 is 19.1 Å². The van der Waals surface area contributed by atoms with Gasteiger partial charge in [0.2, 0.25) is 5.91 Å². The Hall–Kier alpha value is -3.50. The van der Waals surface area contributed by atoms with Crippen molar-refractivity contribution in [2.75, 3.05) is 51.8 Å². The topological polar surface area (TPSA) is 110 Å². The number of nitrogens with one attached hydrogen (secondary N) is 2. The van der Waals surface area contributed by atoms with Gasteiger partial charge in [-0.1, -0.05) is 18.2 Å². The Morgan fingerprint density at radius 2 is 2.12 bits per heavy atom. The van der Waals surface area contributed by atoms with Gasteiger partial charge in [-0.15, -0.1) is 0 Å². The van der Waals surface area contributed by atoms with Crippen LogP contribution in [0, 0.1) is 0 Å². The van der Waals surface area contributed by atoms with Crippen molar-refractivity contribution in [3.05, 3.63) is 53.6 Å². The molecule has 1 fully saturated rings. The smallest absolute Gasteiger partial charge is 0.256 e. The zero-order valence-electron chi connectivity index (χ0n) is 18.4. The first-order valence-corrected chi connectivity index (χ1v) is 11.1. The van der Waals surface area contributed by atoms with Crippen molar-refractivity contribution >= 4 is 23.0 Å². The van der Waals surface area contributed by atoms with Gasteiger partial charge < -0.3 is 20.1 Å². The van der Waals surface area contributed by atoms with Gasteiger partial charge in [0, 0.05) is 31.5 Å². The van der Waals surface area contributed by atoms with Gasteiger partial charge in [-0.25, -0.2) is 9.50 Å².